The number of H-pyrrole nitrogens is 1. The lowest BCUT2D eigenvalue weighted by molar-refractivity contribution is -0.162. The van der Waals surface area contributed by atoms with Crippen molar-refractivity contribution in [3.05, 3.63) is 23.5 Å². The number of amides is 1. The van der Waals surface area contributed by atoms with Crippen molar-refractivity contribution in [2.75, 3.05) is 19.8 Å². The van der Waals surface area contributed by atoms with E-state index >= 15 is 0 Å². The minimum atomic E-state index is -0.0450. The zero-order valence-electron chi connectivity index (χ0n) is 11.4. The van der Waals surface area contributed by atoms with Gasteiger partial charge in [-0.15, -0.1) is 0 Å². The van der Waals surface area contributed by atoms with E-state index in [2.05, 4.69) is 10.3 Å². The number of carbonyl (C=O) groups excluding carboxylic acids is 1. The number of rotatable bonds is 6. The molecule has 0 spiro atoms. The summed E-state index contributed by atoms with van der Waals surface area (Å²) < 4.78 is 11.1. The Balaban J connectivity index is 1.56. The van der Waals surface area contributed by atoms with Crippen LogP contribution < -0.4 is 5.32 Å². The molecular formula is C14H22N2O3. The number of aromatic amines is 1. The highest BCUT2D eigenvalue weighted by Gasteiger charge is 2.13. The molecule has 106 valence electrons. The van der Waals surface area contributed by atoms with Crippen LogP contribution in [0.15, 0.2) is 12.4 Å². The van der Waals surface area contributed by atoms with Crippen LogP contribution in [0.2, 0.25) is 0 Å². The van der Waals surface area contributed by atoms with Gasteiger partial charge in [-0.1, -0.05) is 0 Å². The number of ether oxygens (including phenoxy) is 2. The number of aromatic nitrogens is 1. The van der Waals surface area contributed by atoms with Crippen LogP contribution in [0.3, 0.4) is 0 Å². The lowest BCUT2D eigenvalue weighted by Crippen LogP contribution is -2.27. The Kier molecular flexibility index (Phi) is 5.42. The average Bonchev–Trinajstić information content (AvgIpc) is 2.86. The van der Waals surface area contributed by atoms with Gasteiger partial charge in [0, 0.05) is 25.5 Å². The van der Waals surface area contributed by atoms with Crippen LogP contribution in [0.1, 0.15) is 41.6 Å². The minimum absolute atomic E-state index is 0.0346. The molecule has 2 N–H and O–H groups in total. The van der Waals surface area contributed by atoms with Gasteiger partial charge in [-0.3, -0.25) is 4.79 Å². The summed E-state index contributed by atoms with van der Waals surface area (Å²) in [5, 5.41) is 2.88. The second kappa shape index (κ2) is 7.31. The first-order chi connectivity index (χ1) is 9.27. The Morgan fingerprint density at radius 3 is 3.11 bits per heavy atom. The van der Waals surface area contributed by atoms with Crippen LogP contribution in [-0.2, 0) is 9.47 Å². The summed E-state index contributed by atoms with van der Waals surface area (Å²) in [5.41, 5.74) is 1.67. The van der Waals surface area contributed by atoms with E-state index in [1.807, 2.05) is 13.1 Å². The third-order valence-corrected chi connectivity index (χ3v) is 3.25. The van der Waals surface area contributed by atoms with Crippen molar-refractivity contribution in [1.82, 2.24) is 10.3 Å². The molecule has 0 radical (unpaired) electrons. The summed E-state index contributed by atoms with van der Waals surface area (Å²) in [7, 11) is 0. The Morgan fingerprint density at radius 2 is 2.42 bits per heavy atom. The molecule has 1 aromatic rings. The Morgan fingerprint density at radius 1 is 1.53 bits per heavy atom. The lowest BCUT2D eigenvalue weighted by atomic mass is 10.2. The SMILES string of the molecule is Cc1c[nH]cc1C(=O)NCCCOC1CCCCO1. The van der Waals surface area contributed by atoms with Gasteiger partial charge in [0.25, 0.3) is 5.91 Å². The van der Waals surface area contributed by atoms with Crippen LogP contribution >= 0.6 is 0 Å². The minimum Gasteiger partial charge on any atom is -0.367 e. The number of aryl methyl sites for hydroxylation is 1. The third-order valence-electron chi connectivity index (χ3n) is 3.25. The fraction of sp³-hybridized carbons (Fsp3) is 0.643. The largest absolute Gasteiger partial charge is 0.367 e. The third kappa shape index (κ3) is 4.36. The van der Waals surface area contributed by atoms with E-state index in [9.17, 15) is 4.79 Å². The van der Waals surface area contributed by atoms with E-state index < -0.39 is 0 Å². The van der Waals surface area contributed by atoms with E-state index in [-0.39, 0.29) is 12.2 Å². The van der Waals surface area contributed by atoms with Crippen molar-refractivity contribution in [3.63, 3.8) is 0 Å². The molecule has 1 saturated heterocycles. The first kappa shape index (κ1) is 14.1. The van der Waals surface area contributed by atoms with E-state index in [0.717, 1.165) is 31.4 Å². The Labute approximate surface area is 113 Å². The number of nitrogens with one attached hydrogen (secondary N) is 2. The maximum absolute atomic E-state index is 11.8. The Hall–Kier alpha value is -1.33. The monoisotopic (exact) mass is 266 g/mol. The molecule has 0 bridgehead atoms. The molecule has 2 rings (SSSR count). The molecule has 1 aromatic heterocycles. The van der Waals surface area contributed by atoms with E-state index in [1.165, 1.54) is 6.42 Å². The number of hydrogen-bond acceptors (Lipinski definition) is 3. The smallest absolute Gasteiger partial charge is 0.253 e. The van der Waals surface area contributed by atoms with E-state index in [0.29, 0.717) is 18.7 Å². The number of hydrogen-bond donors (Lipinski definition) is 2. The quantitative estimate of drug-likeness (QED) is 0.774. The van der Waals surface area contributed by atoms with Gasteiger partial charge in [0.2, 0.25) is 0 Å². The summed E-state index contributed by atoms with van der Waals surface area (Å²) in [4.78, 5) is 14.7. The van der Waals surface area contributed by atoms with Gasteiger partial charge in [-0.2, -0.15) is 0 Å². The van der Waals surface area contributed by atoms with Crippen molar-refractivity contribution in [3.8, 4) is 0 Å². The maximum Gasteiger partial charge on any atom is 0.253 e. The van der Waals surface area contributed by atoms with Crippen LogP contribution in [-0.4, -0.2) is 36.9 Å². The highest BCUT2D eigenvalue weighted by atomic mass is 16.7. The summed E-state index contributed by atoms with van der Waals surface area (Å²) in [6.45, 7) is 3.95. The second-order valence-corrected chi connectivity index (χ2v) is 4.83. The highest BCUT2D eigenvalue weighted by molar-refractivity contribution is 5.95. The molecule has 1 aliphatic rings. The lowest BCUT2D eigenvalue weighted by Gasteiger charge is -2.22. The zero-order chi connectivity index (χ0) is 13.5. The Bertz CT molecular complexity index is 397. The molecule has 5 heteroatoms. The first-order valence-corrected chi connectivity index (χ1v) is 6.92. The van der Waals surface area contributed by atoms with E-state index in [1.54, 1.807) is 6.20 Å². The fourth-order valence-electron chi connectivity index (χ4n) is 2.11. The molecule has 0 saturated carbocycles. The highest BCUT2D eigenvalue weighted by Crippen LogP contribution is 2.13. The van der Waals surface area contributed by atoms with Gasteiger partial charge in [0.05, 0.1) is 12.2 Å². The van der Waals surface area contributed by atoms with Crippen LogP contribution in [0.5, 0.6) is 0 Å². The molecule has 1 aliphatic heterocycles. The number of carbonyl (C=O) groups is 1. The predicted molar refractivity (Wildman–Crippen MR) is 72.0 cm³/mol. The van der Waals surface area contributed by atoms with Gasteiger partial charge >= 0.3 is 0 Å². The maximum atomic E-state index is 11.8. The molecule has 19 heavy (non-hydrogen) atoms. The van der Waals surface area contributed by atoms with E-state index in [4.69, 9.17) is 9.47 Å². The molecule has 0 aliphatic carbocycles. The van der Waals surface area contributed by atoms with Gasteiger partial charge in [-0.25, -0.2) is 0 Å². The fourth-order valence-corrected chi connectivity index (χ4v) is 2.11. The standard InChI is InChI=1S/C14H22N2O3/c1-11-9-15-10-12(11)14(17)16-6-4-8-19-13-5-2-3-7-18-13/h9-10,13,15H,2-8H2,1H3,(H,16,17). The van der Waals surface area contributed by atoms with Crippen molar-refractivity contribution >= 4 is 5.91 Å². The van der Waals surface area contributed by atoms with Crippen LogP contribution in [0.4, 0.5) is 0 Å². The summed E-state index contributed by atoms with van der Waals surface area (Å²) in [6.07, 6.45) is 7.58. The van der Waals surface area contributed by atoms with Crippen molar-refractivity contribution in [2.24, 2.45) is 0 Å². The normalized spacial score (nSPS) is 19.3. The molecule has 0 aromatic carbocycles. The van der Waals surface area contributed by atoms with Crippen LogP contribution in [0.25, 0.3) is 0 Å². The molecule has 1 amide bonds. The summed E-state index contributed by atoms with van der Waals surface area (Å²) in [6, 6.07) is 0. The molecule has 1 atom stereocenters. The topological polar surface area (TPSA) is 63.4 Å². The molecule has 1 unspecified atom stereocenters. The summed E-state index contributed by atoms with van der Waals surface area (Å²) >= 11 is 0. The van der Waals surface area contributed by atoms with Gasteiger partial charge in [0.15, 0.2) is 6.29 Å². The van der Waals surface area contributed by atoms with Crippen molar-refractivity contribution < 1.29 is 14.3 Å². The zero-order valence-corrected chi connectivity index (χ0v) is 11.4. The van der Waals surface area contributed by atoms with Crippen LogP contribution in [0, 0.1) is 6.92 Å². The van der Waals surface area contributed by atoms with Gasteiger partial charge in [-0.05, 0) is 38.2 Å². The van der Waals surface area contributed by atoms with Gasteiger partial charge in [0.1, 0.15) is 0 Å². The average molecular weight is 266 g/mol. The molecule has 5 nitrogen and oxygen atoms in total. The van der Waals surface area contributed by atoms with Crippen molar-refractivity contribution in [2.45, 2.75) is 38.9 Å². The second-order valence-electron chi connectivity index (χ2n) is 4.83. The summed E-state index contributed by atoms with van der Waals surface area (Å²) in [5.74, 6) is -0.0346. The molecular weight excluding hydrogens is 244 g/mol. The van der Waals surface area contributed by atoms with Gasteiger partial charge < -0.3 is 19.8 Å². The molecule has 1 fully saturated rings. The first-order valence-electron chi connectivity index (χ1n) is 6.92. The molecule has 2 heterocycles. The predicted octanol–water partition coefficient (Wildman–Crippen LogP) is 1.99. The van der Waals surface area contributed by atoms with Crippen molar-refractivity contribution in [1.29, 1.82) is 0 Å².